The Labute approximate surface area is 125 Å². The number of hydrogen-bond donors (Lipinski definition) is 2. The molecule has 110 valence electrons. The zero-order valence-electron chi connectivity index (χ0n) is 11.3. The second kappa shape index (κ2) is 6.36. The Balaban J connectivity index is 2.12. The van der Waals surface area contributed by atoms with Crippen molar-refractivity contribution in [2.24, 2.45) is 0 Å². The topological polar surface area (TPSA) is 92.5 Å². The number of nitro benzene ring substituents is 1. The van der Waals surface area contributed by atoms with Gasteiger partial charge >= 0.3 is 0 Å². The minimum Gasteiger partial charge on any atom is -0.508 e. The third-order valence-corrected chi connectivity index (χ3v) is 3.65. The molecule has 0 aliphatic carbocycles. The lowest BCUT2D eigenvalue weighted by Crippen LogP contribution is -2.34. The van der Waals surface area contributed by atoms with Crippen LogP contribution in [0.5, 0.6) is 5.75 Å². The maximum atomic E-state index is 12.1. The number of carbonyl (C=O) groups excluding carboxylic acids is 1. The molecule has 1 aromatic carbocycles. The second-order valence-corrected chi connectivity index (χ2v) is 5.45. The Hall–Kier alpha value is -2.41. The summed E-state index contributed by atoms with van der Waals surface area (Å²) in [5.74, 6) is -0.753. The van der Waals surface area contributed by atoms with Crippen LogP contribution in [0.25, 0.3) is 0 Å². The fraction of sp³-hybridized carbons (Fsp3) is 0.214. The van der Waals surface area contributed by atoms with Crippen molar-refractivity contribution < 1.29 is 14.8 Å². The smallest absolute Gasteiger partial charge is 0.282 e. The normalized spacial score (nSPS) is 11.9. The highest BCUT2D eigenvalue weighted by molar-refractivity contribution is 7.07. The van der Waals surface area contributed by atoms with Gasteiger partial charge in [0.15, 0.2) is 0 Å². The largest absolute Gasteiger partial charge is 0.508 e. The predicted molar refractivity (Wildman–Crippen MR) is 79.7 cm³/mol. The van der Waals surface area contributed by atoms with Crippen molar-refractivity contribution in [3.05, 3.63) is 56.3 Å². The monoisotopic (exact) mass is 306 g/mol. The zero-order valence-corrected chi connectivity index (χ0v) is 12.1. The first-order chi connectivity index (χ1) is 9.97. The predicted octanol–water partition coefficient (Wildman–Crippen LogP) is 2.72. The van der Waals surface area contributed by atoms with Gasteiger partial charge in [-0.05, 0) is 47.9 Å². The molecule has 1 atom stereocenters. The van der Waals surface area contributed by atoms with Crippen LogP contribution in [-0.2, 0) is 6.42 Å². The highest BCUT2D eigenvalue weighted by Crippen LogP contribution is 2.23. The van der Waals surface area contributed by atoms with Crippen LogP contribution in [0.3, 0.4) is 0 Å². The van der Waals surface area contributed by atoms with Crippen molar-refractivity contribution in [3.8, 4) is 5.75 Å². The molecule has 1 amide bonds. The number of rotatable bonds is 5. The number of hydrogen-bond acceptors (Lipinski definition) is 5. The summed E-state index contributed by atoms with van der Waals surface area (Å²) in [7, 11) is 0. The number of phenolic OH excluding ortho intramolecular Hbond substituents is 1. The summed E-state index contributed by atoms with van der Waals surface area (Å²) in [6.07, 6.45) is 0.641. The molecule has 0 bridgehead atoms. The molecule has 2 aromatic rings. The van der Waals surface area contributed by atoms with Gasteiger partial charge in [-0.25, -0.2) is 0 Å². The van der Waals surface area contributed by atoms with E-state index in [9.17, 15) is 20.0 Å². The first kappa shape index (κ1) is 15.0. The van der Waals surface area contributed by atoms with Crippen molar-refractivity contribution in [2.45, 2.75) is 19.4 Å². The minimum atomic E-state index is -0.641. The molecule has 21 heavy (non-hydrogen) atoms. The third-order valence-electron chi connectivity index (χ3n) is 2.92. The summed E-state index contributed by atoms with van der Waals surface area (Å²) in [6.45, 7) is 1.82. The summed E-state index contributed by atoms with van der Waals surface area (Å²) < 4.78 is 0. The molecule has 7 heteroatoms. The zero-order chi connectivity index (χ0) is 15.4. The van der Waals surface area contributed by atoms with Crippen LogP contribution in [0.15, 0.2) is 35.0 Å². The van der Waals surface area contributed by atoms with Gasteiger partial charge < -0.3 is 10.4 Å². The van der Waals surface area contributed by atoms with Crippen molar-refractivity contribution in [1.82, 2.24) is 5.32 Å². The van der Waals surface area contributed by atoms with Gasteiger partial charge in [-0.2, -0.15) is 11.3 Å². The lowest BCUT2D eigenvalue weighted by atomic mass is 10.1. The lowest BCUT2D eigenvalue weighted by Gasteiger charge is -2.13. The van der Waals surface area contributed by atoms with Crippen LogP contribution < -0.4 is 5.32 Å². The van der Waals surface area contributed by atoms with Crippen LogP contribution in [0.1, 0.15) is 22.8 Å². The first-order valence-electron chi connectivity index (χ1n) is 6.26. The molecule has 0 aliphatic rings. The maximum Gasteiger partial charge on any atom is 0.282 e. The van der Waals surface area contributed by atoms with E-state index < -0.39 is 10.8 Å². The van der Waals surface area contributed by atoms with Crippen molar-refractivity contribution in [3.63, 3.8) is 0 Å². The molecule has 0 spiro atoms. The molecule has 0 radical (unpaired) electrons. The molecule has 1 unspecified atom stereocenters. The van der Waals surface area contributed by atoms with Gasteiger partial charge in [0.2, 0.25) is 0 Å². The maximum absolute atomic E-state index is 12.1. The number of carbonyl (C=O) groups is 1. The van der Waals surface area contributed by atoms with Crippen LogP contribution in [0, 0.1) is 10.1 Å². The summed E-state index contributed by atoms with van der Waals surface area (Å²) in [6, 6.07) is 5.20. The van der Waals surface area contributed by atoms with E-state index in [1.165, 1.54) is 6.07 Å². The molecule has 1 aromatic heterocycles. The molecule has 0 saturated carbocycles. The Morgan fingerprint density at radius 2 is 2.24 bits per heavy atom. The number of amides is 1. The average Bonchev–Trinajstić information content (AvgIpc) is 2.90. The fourth-order valence-electron chi connectivity index (χ4n) is 1.98. The molecule has 6 nitrogen and oxygen atoms in total. The number of nitrogens with zero attached hydrogens (tertiary/aromatic N) is 1. The molecule has 0 fully saturated rings. The molecule has 1 heterocycles. The van der Waals surface area contributed by atoms with Crippen molar-refractivity contribution in [1.29, 1.82) is 0 Å². The standard InChI is InChI=1S/C14H14N2O4S/c1-9(6-10-4-5-21-8-10)15-14(18)12-7-11(17)2-3-13(12)16(19)20/h2-5,7-9,17H,6H2,1H3,(H,15,18). The van der Waals surface area contributed by atoms with E-state index in [1.807, 2.05) is 23.8 Å². The van der Waals surface area contributed by atoms with E-state index in [4.69, 9.17) is 0 Å². The Morgan fingerprint density at radius 1 is 1.48 bits per heavy atom. The minimum absolute atomic E-state index is 0.142. The summed E-state index contributed by atoms with van der Waals surface area (Å²) in [4.78, 5) is 22.4. The van der Waals surface area contributed by atoms with Crippen LogP contribution in [0.4, 0.5) is 5.69 Å². The average molecular weight is 306 g/mol. The molecule has 2 rings (SSSR count). The third kappa shape index (κ3) is 3.79. The van der Waals surface area contributed by atoms with Gasteiger partial charge in [0.05, 0.1) is 4.92 Å². The van der Waals surface area contributed by atoms with Gasteiger partial charge in [0.25, 0.3) is 11.6 Å². The van der Waals surface area contributed by atoms with Crippen LogP contribution in [0.2, 0.25) is 0 Å². The molecule has 0 aliphatic heterocycles. The Morgan fingerprint density at radius 3 is 2.86 bits per heavy atom. The number of nitro groups is 1. The highest BCUT2D eigenvalue weighted by Gasteiger charge is 2.21. The van der Waals surface area contributed by atoms with Crippen LogP contribution in [-0.4, -0.2) is 22.0 Å². The quantitative estimate of drug-likeness (QED) is 0.656. The Kier molecular flexibility index (Phi) is 4.54. The number of aromatic hydroxyl groups is 1. The van der Waals surface area contributed by atoms with E-state index in [-0.39, 0.29) is 23.0 Å². The van der Waals surface area contributed by atoms with Gasteiger partial charge in [0.1, 0.15) is 11.3 Å². The van der Waals surface area contributed by atoms with Gasteiger partial charge in [0, 0.05) is 12.1 Å². The Bertz CT molecular complexity index is 655. The van der Waals surface area contributed by atoms with E-state index in [2.05, 4.69) is 5.32 Å². The number of nitrogens with one attached hydrogen (secondary N) is 1. The van der Waals surface area contributed by atoms with E-state index >= 15 is 0 Å². The summed E-state index contributed by atoms with van der Waals surface area (Å²) in [5, 5.41) is 27.0. The number of benzene rings is 1. The van der Waals surface area contributed by atoms with Gasteiger partial charge in [-0.1, -0.05) is 0 Å². The second-order valence-electron chi connectivity index (χ2n) is 4.67. The van der Waals surface area contributed by atoms with Gasteiger partial charge in [-0.3, -0.25) is 14.9 Å². The fourth-order valence-corrected chi connectivity index (χ4v) is 2.66. The highest BCUT2D eigenvalue weighted by atomic mass is 32.1. The molecular weight excluding hydrogens is 292 g/mol. The molecule has 0 saturated heterocycles. The van der Waals surface area contributed by atoms with Crippen LogP contribution >= 0.6 is 11.3 Å². The lowest BCUT2D eigenvalue weighted by molar-refractivity contribution is -0.385. The first-order valence-corrected chi connectivity index (χ1v) is 7.21. The van der Waals surface area contributed by atoms with E-state index in [0.29, 0.717) is 6.42 Å². The SMILES string of the molecule is CC(Cc1ccsc1)NC(=O)c1cc(O)ccc1[N+](=O)[O-]. The number of thiophene rings is 1. The summed E-state index contributed by atoms with van der Waals surface area (Å²) >= 11 is 1.57. The van der Waals surface area contributed by atoms with Gasteiger partial charge in [-0.15, -0.1) is 0 Å². The molecular formula is C14H14N2O4S. The van der Waals surface area contributed by atoms with Crippen molar-refractivity contribution in [2.75, 3.05) is 0 Å². The van der Waals surface area contributed by atoms with Crippen molar-refractivity contribution >= 4 is 22.9 Å². The van der Waals surface area contributed by atoms with E-state index in [0.717, 1.165) is 17.7 Å². The summed E-state index contributed by atoms with van der Waals surface area (Å²) in [5.41, 5.74) is 0.628. The van der Waals surface area contributed by atoms with E-state index in [1.54, 1.807) is 11.3 Å². The molecule has 2 N–H and O–H groups in total. The number of phenols is 1.